The molecule has 0 amide bonds. The fourth-order valence-corrected chi connectivity index (χ4v) is 4.05. The number of anilines is 2. The van der Waals surface area contributed by atoms with Crippen molar-refractivity contribution < 1.29 is 8.42 Å². The molecule has 34 heavy (non-hydrogen) atoms. The molecule has 8 nitrogen and oxygen atoms in total. The van der Waals surface area contributed by atoms with Gasteiger partial charge in [0.1, 0.15) is 23.5 Å². The summed E-state index contributed by atoms with van der Waals surface area (Å²) < 4.78 is 26.4. The van der Waals surface area contributed by atoms with Gasteiger partial charge in [0.05, 0.1) is 23.1 Å². The van der Waals surface area contributed by atoms with Crippen molar-refractivity contribution in [2.45, 2.75) is 13.8 Å². The van der Waals surface area contributed by atoms with E-state index in [1.807, 2.05) is 50.2 Å². The molecule has 1 N–H and O–H groups in total. The molecule has 0 unspecified atom stereocenters. The summed E-state index contributed by atoms with van der Waals surface area (Å²) >= 11 is 0. The minimum Gasteiger partial charge on any atom is -0.372 e. The van der Waals surface area contributed by atoms with Gasteiger partial charge in [0.2, 0.25) is 10.0 Å². The van der Waals surface area contributed by atoms with E-state index in [0.29, 0.717) is 0 Å². The van der Waals surface area contributed by atoms with Crippen LogP contribution in [0.3, 0.4) is 0 Å². The van der Waals surface area contributed by atoms with Crippen molar-refractivity contribution >= 4 is 32.8 Å². The molecular formula is C25H24N6O2S. The third kappa shape index (κ3) is 5.77. The fourth-order valence-electron chi connectivity index (χ4n) is 3.49. The Morgan fingerprint density at radius 3 is 2.03 bits per heavy atom. The molecule has 0 bridgehead atoms. The molecule has 0 heterocycles. The monoisotopic (exact) mass is 472 g/mol. The Morgan fingerprint density at radius 1 is 0.882 bits per heavy atom. The topological polar surface area (TPSA) is 122 Å². The van der Waals surface area contributed by atoms with Crippen LogP contribution in [0.4, 0.5) is 22.7 Å². The normalized spacial score (nSPS) is 11.1. The molecule has 172 valence electrons. The van der Waals surface area contributed by atoms with Gasteiger partial charge in [0.25, 0.3) is 0 Å². The molecule has 0 radical (unpaired) electrons. The summed E-state index contributed by atoms with van der Waals surface area (Å²) in [6.45, 7) is 5.51. The molecular weight excluding hydrogens is 448 g/mol. The first kappa shape index (κ1) is 24.4. The highest BCUT2D eigenvalue weighted by atomic mass is 32.2. The van der Waals surface area contributed by atoms with Crippen LogP contribution in [0, 0.1) is 22.7 Å². The van der Waals surface area contributed by atoms with E-state index < -0.39 is 10.0 Å². The summed E-state index contributed by atoms with van der Waals surface area (Å²) in [5.41, 5.74) is 3.45. The highest BCUT2D eigenvalue weighted by Gasteiger charge is 2.14. The number of nitriles is 2. The number of rotatable bonds is 8. The van der Waals surface area contributed by atoms with E-state index in [0.717, 1.165) is 36.2 Å². The number of benzene rings is 3. The maximum Gasteiger partial charge on any atom is 0.229 e. The molecule has 3 aromatic carbocycles. The lowest BCUT2D eigenvalue weighted by Crippen LogP contribution is -2.22. The van der Waals surface area contributed by atoms with Gasteiger partial charge in [-0.15, -0.1) is 10.2 Å². The SMILES string of the molecule is CCN(CC)c1ccc(/N=N/c2c(C#N)cc(-c3ccccc3)cc2C#N)c(NS(C)(=O)=O)c1. The van der Waals surface area contributed by atoms with Crippen LogP contribution >= 0.6 is 0 Å². The largest absolute Gasteiger partial charge is 0.372 e. The second kappa shape index (κ2) is 10.6. The van der Waals surface area contributed by atoms with E-state index in [1.165, 1.54) is 0 Å². The van der Waals surface area contributed by atoms with Gasteiger partial charge in [-0.25, -0.2) is 8.42 Å². The van der Waals surface area contributed by atoms with Crippen LogP contribution < -0.4 is 9.62 Å². The molecule has 0 spiro atoms. The van der Waals surface area contributed by atoms with Crippen molar-refractivity contribution in [2.24, 2.45) is 10.2 Å². The fraction of sp³-hybridized carbons (Fsp3) is 0.200. The van der Waals surface area contributed by atoms with Crippen molar-refractivity contribution in [1.82, 2.24) is 0 Å². The molecule has 0 fully saturated rings. The van der Waals surface area contributed by atoms with Crippen LogP contribution in [0.2, 0.25) is 0 Å². The van der Waals surface area contributed by atoms with Gasteiger partial charge in [-0.3, -0.25) is 4.72 Å². The minimum absolute atomic E-state index is 0.128. The Bertz CT molecular complexity index is 1360. The Hall–Kier alpha value is -4.21. The summed E-state index contributed by atoms with van der Waals surface area (Å²) in [5.74, 6) is 0. The number of azo groups is 1. The van der Waals surface area contributed by atoms with E-state index >= 15 is 0 Å². The second-order valence-corrected chi connectivity index (χ2v) is 9.21. The molecule has 0 atom stereocenters. The molecule has 0 aromatic heterocycles. The summed E-state index contributed by atoms with van der Waals surface area (Å²) in [6.07, 6.45) is 1.06. The van der Waals surface area contributed by atoms with Gasteiger partial charge >= 0.3 is 0 Å². The molecule has 3 rings (SSSR count). The van der Waals surface area contributed by atoms with Crippen molar-refractivity contribution in [3.8, 4) is 23.3 Å². The van der Waals surface area contributed by atoms with Gasteiger partial charge in [-0.05, 0) is 55.3 Å². The Morgan fingerprint density at radius 2 is 1.50 bits per heavy atom. The molecule has 0 aliphatic heterocycles. The Labute approximate surface area is 199 Å². The van der Waals surface area contributed by atoms with Crippen LogP contribution in [0.15, 0.2) is 70.9 Å². The van der Waals surface area contributed by atoms with Gasteiger partial charge < -0.3 is 4.90 Å². The Balaban J connectivity index is 2.09. The first-order valence-electron chi connectivity index (χ1n) is 10.6. The van der Waals surface area contributed by atoms with Crippen LogP contribution in [-0.2, 0) is 10.0 Å². The minimum atomic E-state index is -3.58. The maximum absolute atomic E-state index is 11.9. The van der Waals surface area contributed by atoms with Crippen molar-refractivity contribution in [3.63, 3.8) is 0 Å². The van der Waals surface area contributed by atoms with E-state index in [-0.39, 0.29) is 28.2 Å². The first-order valence-corrected chi connectivity index (χ1v) is 12.5. The highest BCUT2D eigenvalue weighted by molar-refractivity contribution is 7.92. The predicted molar refractivity (Wildman–Crippen MR) is 134 cm³/mol. The molecule has 0 aliphatic carbocycles. The van der Waals surface area contributed by atoms with Crippen LogP contribution in [0.25, 0.3) is 11.1 Å². The predicted octanol–water partition coefficient (Wildman–Crippen LogP) is 5.73. The van der Waals surface area contributed by atoms with Crippen LogP contribution in [0.1, 0.15) is 25.0 Å². The third-order valence-corrected chi connectivity index (χ3v) is 5.71. The second-order valence-electron chi connectivity index (χ2n) is 7.46. The summed E-state index contributed by atoms with van der Waals surface area (Å²) in [5, 5.41) is 27.8. The van der Waals surface area contributed by atoms with E-state index in [4.69, 9.17) is 0 Å². The van der Waals surface area contributed by atoms with E-state index in [1.54, 1.807) is 24.3 Å². The number of nitrogens with one attached hydrogen (secondary N) is 1. The highest BCUT2D eigenvalue weighted by Crippen LogP contribution is 2.35. The number of nitrogens with zero attached hydrogens (tertiary/aromatic N) is 5. The molecule has 0 saturated heterocycles. The van der Waals surface area contributed by atoms with Crippen LogP contribution in [-0.4, -0.2) is 27.8 Å². The Kier molecular flexibility index (Phi) is 7.62. The average molecular weight is 473 g/mol. The molecule has 0 aliphatic rings. The van der Waals surface area contributed by atoms with Gasteiger partial charge in [-0.1, -0.05) is 30.3 Å². The lowest BCUT2D eigenvalue weighted by atomic mass is 9.99. The van der Waals surface area contributed by atoms with E-state index in [9.17, 15) is 18.9 Å². The zero-order chi connectivity index (χ0) is 24.7. The number of hydrogen-bond acceptors (Lipinski definition) is 7. The van der Waals surface area contributed by atoms with Gasteiger partial charge in [0.15, 0.2) is 0 Å². The molecule has 9 heteroatoms. The lowest BCUT2D eigenvalue weighted by molar-refractivity contribution is 0.607. The third-order valence-electron chi connectivity index (χ3n) is 5.12. The molecule has 3 aromatic rings. The lowest BCUT2D eigenvalue weighted by Gasteiger charge is -2.22. The van der Waals surface area contributed by atoms with Gasteiger partial charge in [0, 0.05) is 18.8 Å². The smallest absolute Gasteiger partial charge is 0.229 e. The van der Waals surface area contributed by atoms with Crippen LogP contribution in [0.5, 0.6) is 0 Å². The number of sulfonamides is 1. The first-order chi connectivity index (χ1) is 16.3. The zero-order valence-electron chi connectivity index (χ0n) is 19.1. The van der Waals surface area contributed by atoms with Gasteiger partial charge in [-0.2, -0.15) is 10.5 Å². The maximum atomic E-state index is 11.9. The summed E-state index contributed by atoms with van der Waals surface area (Å²) in [4.78, 5) is 2.07. The average Bonchev–Trinajstić information content (AvgIpc) is 2.83. The number of hydrogen-bond donors (Lipinski definition) is 1. The van der Waals surface area contributed by atoms with Crippen molar-refractivity contribution in [2.75, 3.05) is 29.0 Å². The standard InChI is InChI=1S/C25H24N6O2S/c1-4-31(5-2)22-11-12-23(24(15-22)30-34(3,32)33)28-29-25-20(16-26)13-19(14-21(25)17-27)18-9-7-6-8-10-18/h6-15,30H,4-5H2,1-3H3/b29-28+. The van der Waals surface area contributed by atoms with Crippen molar-refractivity contribution in [1.29, 1.82) is 10.5 Å². The summed E-state index contributed by atoms with van der Waals surface area (Å²) in [6, 6.07) is 22.1. The van der Waals surface area contributed by atoms with Crippen molar-refractivity contribution in [3.05, 3.63) is 71.8 Å². The quantitative estimate of drug-likeness (QED) is 0.420. The molecule has 0 saturated carbocycles. The summed E-state index contributed by atoms with van der Waals surface area (Å²) in [7, 11) is -3.58. The van der Waals surface area contributed by atoms with E-state index in [2.05, 4.69) is 32.0 Å². The zero-order valence-corrected chi connectivity index (χ0v) is 20.0.